The average molecular weight is 621 g/mol. The number of methoxy groups -OCH3 is 2. The molecule has 1 aliphatic rings. The molecule has 5 rings (SSSR count). The van der Waals surface area contributed by atoms with Gasteiger partial charge in [-0.25, -0.2) is 9.97 Å². The fraction of sp³-hybridized carbons (Fsp3) is 0.231. The van der Waals surface area contributed by atoms with E-state index in [0.717, 1.165) is 17.0 Å². The average Bonchev–Trinajstić information content (AvgIpc) is 3.50. The fourth-order valence-corrected chi connectivity index (χ4v) is 5.38. The van der Waals surface area contributed by atoms with Crippen molar-refractivity contribution in [3.05, 3.63) is 69.2 Å². The molecule has 1 N–H and O–H groups in total. The molecule has 42 heavy (non-hydrogen) atoms. The molecule has 0 spiro atoms. The van der Waals surface area contributed by atoms with E-state index in [2.05, 4.69) is 30.0 Å². The van der Waals surface area contributed by atoms with Crippen LogP contribution >= 0.6 is 22.9 Å². The lowest BCUT2D eigenvalue weighted by molar-refractivity contribution is -0.276. The maximum Gasteiger partial charge on any atom is 0.574 e. The SMILES string of the molecule is COc1cnc(Cl)cc1-c1cc(C)ncc1C(=O)Nc1nc2c(s1)CN(C(=O)c1ccc(OC(F)(F)F)nc1OC)C2. The topological polar surface area (TPSA) is 129 Å². The maximum absolute atomic E-state index is 13.3. The number of carbonyl (C=O) groups is 2. The number of carbonyl (C=O) groups excluding carboxylic acids is 2. The molecule has 1 aliphatic heterocycles. The zero-order valence-corrected chi connectivity index (χ0v) is 23.6. The van der Waals surface area contributed by atoms with Gasteiger partial charge < -0.3 is 19.1 Å². The molecule has 0 aliphatic carbocycles. The van der Waals surface area contributed by atoms with Crippen molar-refractivity contribution in [2.45, 2.75) is 26.4 Å². The number of ether oxygens (including phenoxy) is 3. The number of hydrogen-bond donors (Lipinski definition) is 1. The zero-order chi connectivity index (χ0) is 30.2. The highest BCUT2D eigenvalue weighted by Gasteiger charge is 2.34. The third-order valence-electron chi connectivity index (χ3n) is 6.07. The molecule has 4 aromatic heterocycles. The summed E-state index contributed by atoms with van der Waals surface area (Å²) in [5.74, 6) is -1.63. The molecule has 2 amide bonds. The van der Waals surface area contributed by atoms with E-state index < -0.39 is 24.1 Å². The number of fused-ring (bicyclic) bond motifs is 1. The van der Waals surface area contributed by atoms with Gasteiger partial charge in [-0.1, -0.05) is 22.9 Å². The summed E-state index contributed by atoms with van der Waals surface area (Å²) in [6, 6.07) is 5.42. The Labute approximate surface area is 245 Å². The number of pyridine rings is 3. The third kappa shape index (κ3) is 6.06. The normalized spacial score (nSPS) is 12.6. The van der Waals surface area contributed by atoms with Gasteiger partial charge in [0.25, 0.3) is 11.8 Å². The predicted octanol–water partition coefficient (Wildman–Crippen LogP) is 5.28. The second-order valence-electron chi connectivity index (χ2n) is 8.84. The number of nitrogens with zero attached hydrogens (tertiary/aromatic N) is 5. The minimum absolute atomic E-state index is 0.0400. The second kappa shape index (κ2) is 11.4. The smallest absolute Gasteiger partial charge is 0.494 e. The Hall–Kier alpha value is -4.50. The molecule has 16 heteroatoms. The van der Waals surface area contributed by atoms with Gasteiger partial charge in [0.1, 0.15) is 16.5 Å². The van der Waals surface area contributed by atoms with Gasteiger partial charge in [0.05, 0.1) is 49.6 Å². The van der Waals surface area contributed by atoms with Crippen LogP contribution in [0.4, 0.5) is 18.3 Å². The molecule has 0 unspecified atom stereocenters. The van der Waals surface area contributed by atoms with Crippen molar-refractivity contribution >= 4 is 39.9 Å². The Morgan fingerprint density at radius 3 is 2.50 bits per heavy atom. The molecule has 0 atom stereocenters. The van der Waals surface area contributed by atoms with Crippen molar-refractivity contribution in [1.82, 2.24) is 24.8 Å². The highest BCUT2D eigenvalue weighted by Crippen LogP contribution is 2.36. The first-order valence-electron chi connectivity index (χ1n) is 12.0. The van der Waals surface area contributed by atoms with Crippen LogP contribution in [0.3, 0.4) is 0 Å². The van der Waals surface area contributed by atoms with Crippen LogP contribution in [0.1, 0.15) is 37.0 Å². The van der Waals surface area contributed by atoms with Gasteiger partial charge >= 0.3 is 6.36 Å². The standard InChI is InChI=1S/C26H20ClF3N6O5S/c1-12-6-14(15-7-20(27)32-9-18(15)39-2)16(8-31-12)22(37)35-25-33-17-10-36(11-19(17)42-25)24(38)13-4-5-21(34-23(13)40-3)41-26(28,29)30/h4-9H,10-11H2,1-3H3,(H,33,35,37). The van der Waals surface area contributed by atoms with E-state index >= 15 is 0 Å². The Bertz CT molecular complexity index is 1680. The van der Waals surface area contributed by atoms with E-state index in [0.29, 0.717) is 33.4 Å². The van der Waals surface area contributed by atoms with Crippen LogP contribution in [-0.4, -0.2) is 57.2 Å². The molecule has 218 valence electrons. The third-order valence-corrected chi connectivity index (χ3v) is 7.27. The Morgan fingerprint density at radius 2 is 1.81 bits per heavy atom. The quantitative estimate of drug-likeness (QED) is 0.274. The fourth-order valence-electron chi connectivity index (χ4n) is 4.24. The van der Waals surface area contributed by atoms with Crippen LogP contribution in [-0.2, 0) is 13.1 Å². The van der Waals surface area contributed by atoms with Crippen molar-refractivity contribution in [1.29, 1.82) is 0 Å². The van der Waals surface area contributed by atoms with E-state index in [1.54, 1.807) is 19.1 Å². The van der Waals surface area contributed by atoms with Crippen LogP contribution in [0, 0.1) is 6.92 Å². The Kier molecular flexibility index (Phi) is 7.88. The lowest BCUT2D eigenvalue weighted by atomic mass is 10.0. The summed E-state index contributed by atoms with van der Waals surface area (Å²) in [5.41, 5.74) is 2.55. The first-order chi connectivity index (χ1) is 20.0. The minimum Gasteiger partial charge on any atom is -0.494 e. The summed E-state index contributed by atoms with van der Waals surface area (Å²) in [6.07, 6.45) is -2.03. The maximum atomic E-state index is 13.3. The monoisotopic (exact) mass is 620 g/mol. The van der Waals surface area contributed by atoms with E-state index in [-0.39, 0.29) is 35.2 Å². The predicted molar refractivity (Wildman–Crippen MR) is 145 cm³/mol. The van der Waals surface area contributed by atoms with Crippen LogP contribution < -0.4 is 19.5 Å². The molecule has 5 heterocycles. The van der Waals surface area contributed by atoms with Crippen molar-refractivity contribution in [2.75, 3.05) is 19.5 Å². The van der Waals surface area contributed by atoms with Crippen molar-refractivity contribution in [3.63, 3.8) is 0 Å². The second-order valence-corrected chi connectivity index (χ2v) is 10.3. The number of halogens is 4. The van der Waals surface area contributed by atoms with Gasteiger partial charge in [-0.3, -0.25) is 19.9 Å². The molecular weight excluding hydrogens is 601 g/mol. The molecule has 0 bridgehead atoms. The van der Waals surface area contributed by atoms with E-state index in [1.807, 2.05) is 0 Å². The lowest BCUT2D eigenvalue weighted by Gasteiger charge is -2.17. The van der Waals surface area contributed by atoms with Gasteiger partial charge in [0.15, 0.2) is 5.13 Å². The summed E-state index contributed by atoms with van der Waals surface area (Å²) in [7, 11) is 2.67. The number of anilines is 1. The minimum atomic E-state index is -4.94. The lowest BCUT2D eigenvalue weighted by Crippen LogP contribution is -2.26. The van der Waals surface area contributed by atoms with E-state index in [4.69, 9.17) is 21.1 Å². The van der Waals surface area contributed by atoms with Gasteiger partial charge in [0.2, 0.25) is 11.8 Å². The first-order valence-corrected chi connectivity index (χ1v) is 13.2. The summed E-state index contributed by atoms with van der Waals surface area (Å²) in [5, 5.41) is 3.33. The largest absolute Gasteiger partial charge is 0.574 e. The van der Waals surface area contributed by atoms with Crippen LogP contribution in [0.25, 0.3) is 11.1 Å². The van der Waals surface area contributed by atoms with Crippen molar-refractivity contribution < 1.29 is 37.0 Å². The number of aromatic nitrogens is 4. The van der Waals surface area contributed by atoms with E-state index in [1.165, 1.54) is 42.8 Å². The molecule has 0 fully saturated rings. The van der Waals surface area contributed by atoms with Crippen LogP contribution in [0.15, 0.2) is 36.7 Å². The van der Waals surface area contributed by atoms with Gasteiger partial charge in [-0.05, 0) is 25.1 Å². The van der Waals surface area contributed by atoms with Crippen molar-refractivity contribution in [3.8, 4) is 28.6 Å². The highest BCUT2D eigenvalue weighted by atomic mass is 35.5. The van der Waals surface area contributed by atoms with Crippen LogP contribution in [0.5, 0.6) is 17.5 Å². The molecule has 4 aromatic rings. The number of alkyl halides is 3. The van der Waals surface area contributed by atoms with Gasteiger partial charge in [-0.2, -0.15) is 4.98 Å². The molecule has 0 saturated carbocycles. The molecule has 11 nitrogen and oxygen atoms in total. The Balaban J connectivity index is 1.32. The number of rotatable bonds is 7. The number of aryl methyl sites for hydroxylation is 1. The zero-order valence-electron chi connectivity index (χ0n) is 22.1. The number of amides is 2. The number of thiazole rings is 1. The summed E-state index contributed by atoms with van der Waals surface area (Å²) < 4.78 is 51.9. The van der Waals surface area contributed by atoms with Crippen LogP contribution in [0.2, 0.25) is 5.15 Å². The highest BCUT2D eigenvalue weighted by molar-refractivity contribution is 7.16. The molecule has 0 saturated heterocycles. The van der Waals surface area contributed by atoms with Crippen molar-refractivity contribution in [2.24, 2.45) is 0 Å². The van der Waals surface area contributed by atoms with Gasteiger partial charge in [-0.15, -0.1) is 13.2 Å². The number of nitrogens with one attached hydrogen (secondary N) is 1. The number of hydrogen-bond acceptors (Lipinski definition) is 10. The summed E-state index contributed by atoms with van der Waals surface area (Å²) in [6.45, 7) is 2.06. The molecular formula is C26H20ClF3N6O5S. The van der Waals surface area contributed by atoms with E-state index in [9.17, 15) is 22.8 Å². The molecule has 0 radical (unpaired) electrons. The summed E-state index contributed by atoms with van der Waals surface area (Å²) in [4.78, 5) is 45.0. The summed E-state index contributed by atoms with van der Waals surface area (Å²) >= 11 is 7.30. The Morgan fingerprint density at radius 1 is 1.02 bits per heavy atom. The first kappa shape index (κ1) is 29.0. The van der Waals surface area contributed by atoms with Gasteiger partial charge in [0, 0.05) is 29.1 Å². The molecule has 0 aromatic carbocycles.